The summed E-state index contributed by atoms with van der Waals surface area (Å²) in [6.45, 7) is 0. The van der Waals surface area contributed by atoms with Gasteiger partial charge in [0.25, 0.3) is 5.69 Å². The summed E-state index contributed by atoms with van der Waals surface area (Å²) >= 11 is 0. The molecular weight excluding hydrogens is 252 g/mol. The average Bonchev–Trinajstić information content (AvgIpc) is 2.40. The molecule has 7 heteroatoms. The van der Waals surface area contributed by atoms with Gasteiger partial charge >= 0.3 is 5.97 Å². The van der Waals surface area contributed by atoms with Crippen LogP contribution in [0.3, 0.4) is 0 Å². The van der Waals surface area contributed by atoms with Crippen LogP contribution >= 0.6 is 0 Å². The zero-order chi connectivity index (χ0) is 13.0. The predicted octanol–water partition coefficient (Wildman–Crippen LogP) is 1.38. The SMILES string of the molecule is O.O=C(Oc1ccncc1)c1ccc([N+](=O)[O-])cc1. The van der Waals surface area contributed by atoms with E-state index in [0.29, 0.717) is 5.75 Å². The smallest absolute Gasteiger partial charge is 0.343 e. The highest BCUT2D eigenvalue weighted by Crippen LogP contribution is 2.14. The van der Waals surface area contributed by atoms with Crippen LogP contribution in [0.25, 0.3) is 0 Å². The number of nitro groups is 1. The predicted molar refractivity (Wildman–Crippen MR) is 65.9 cm³/mol. The number of nitro benzene ring substituents is 1. The third-order valence-corrected chi connectivity index (χ3v) is 2.17. The fourth-order valence-corrected chi connectivity index (χ4v) is 1.29. The van der Waals surface area contributed by atoms with E-state index in [1.807, 2.05) is 0 Å². The van der Waals surface area contributed by atoms with E-state index in [-0.39, 0.29) is 16.7 Å². The standard InChI is InChI=1S/C12H8N2O4.H2O/c15-12(18-11-5-7-13-8-6-11)9-1-3-10(4-2-9)14(16)17;/h1-8H;1H2. The van der Waals surface area contributed by atoms with E-state index in [1.54, 1.807) is 12.1 Å². The summed E-state index contributed by atoms with van der Waals surface area (Å²) in [5.41, 5.74) is 0.174. The Morgan fingerprint density at radius 3 is 2.21 bits per heavy atom. The van der Waals surface area contributed by atoms with E-state index >= 15 is 0 Å². The minimum atomic E-state index is -0.573. The second-order valence-electron chi connectivity index (χ2n) is 3.38. The van der Waals surface area contributed by atoms with Gasteiger partial charge in [-0.2, -0.15) is 0 Å². The molecule has 0 aliphatic carbocycles. The molecule has 0 fully saturated rings. The topological polar surface area (TPSA) is 114 Å². The molecule has 2 rings (SSSR count). The highest BCUT2D eigenvalue weighted by molar-refractivity contribution is 5.91. The molecule has 0 saturated carbocycles. The number of hydrogen-bond acceptors (Lipinski definition) is 5. The fourth-order valence-electron chi connectivity index (χ4n) is 1.29. The van der Waals surface area contributed by atoms with Crippen molar-refractivity contribution in [2.24, 2.45) is 0 Å². The van der Waals surface area contributed by atoms with Crippen molar-refractivity contribution >= 4 is 11.7 Å². The molecule has 0 bridgehead atoms. The Kier molecular flexibility index (Phi) is 4.67. The lowest BCUT2D eigenvalue weighted by Gasteiger charge is -2.03. The number of pyridine rings is 1. The number of benzene rings is 1. The Bertz CT molecular complexity index is 568. The van der Waals surface area contributed by atoms with Gasteiger partial charge < -0.3 is 10.2 Å². The molecule has 2 N–H and O–H groups in total. The molecule has 0 radical (unpaired) electrons. The number of esters is 1. The Morgan fingerprint density at radius 1 is 1.11 bits per heavy atom. The summed E-state index contributed by atoms with van der Waals surface area (Å²) in [5.74, 6) is -0.204. The lowest BCUT2D eigenvalue weighted by atomic mass is 10.2. The lowest BCUT2D eigenvalue weighted by molar-refractivity contribution is -0.384. The van der Waals surface area contributed by atoms with Crippen molar-refractivity contribution < 1.29 is 19.9 Å². The van der Waals surface area contributed by atoms with Crippen LogP contribution in [0.15, 0.2) is 48.8 Å². The second kappa shape index (κ2) is 6.22. The van der Waals surface area contributed by atoms with Gasteiger partial charge in [-0.15, -0.1) is 0 Å². The largest absolute Gasteiger partial charge is 0.423 e. The summed E-state index contributed by atoms with van der Waals surface area (Å²) in [6.07, 6.45) is 3.00. The van der Waals surface area contributed by atoms with Gasteiger partial charge in [0.1, 0.15) is 5.75 Å². The maximum Gasteiger partial charge on any atom is 0.343 e. The summed E-state index contributed by atoms with van der Waals surface area (Å²) < 4.78 is 5.05. The molecule has 1 aromatic heterocycles. The molecule has 98 valence electrons. The van der Waals surface area contributed by atoms with E-state index < -0.39 is 10.9 Å². The zero-order valence-corrected chi connectivity index (χ0v) is 9.65. The van der Waals surface area contributed by atoms with Crippen molar-refractivity contribution in [2.45, 2.75) is 0 Å². The molecule has 1 heterocycles. The van der Waals surface area contributed by atoms with E-state index in [9.17, 15) is 14.9 Å². The first kappa shape index (κ1) is 14.3. The van der Waals surface area contributed by atoms with Crippen LogP contribution < -0.4 is 4.74 Å². The highest BCUT2D eigenvalue weighted by atomic mass is 16.6. The summed E-state index contributed by atoms with van der Waals surface area (Å²) in [7, 11) is 0. The lowest BCUT2D eigenvalue weighted by Crippen LogP contribution is -2.08. The van der Waals surface area contributed by atoms with Crippen molar-refractivity contribution in [3.05, 3.63) is 64.5 Å². The number of carbonyl (C=O) groups is 1. The molecule has 0 spiro atoms. The monoisotopic (exact) mass is 262 g/mol. The second-order valence-corrected chi connectivity index (χ2v) is 3.38. The van der Waals surface area contributed by atoms with Crippen molar-refractivity contribution in [1.29, 1.82) is 0 Å². The van der Waals surface area contributed by atoms with Crippen LogP contribution in [0.5, 0.6) is 5.75 Å². The maximum atomic E-state index is 11.7. The van der Waals surface area contributed by atoms with Crippen molar-refractivity contribution in [3.63, 3.8) is 0 Å². The first-order valence-electron chi connectivity index (χ1n) is 5.03. The minimum Gasteiger partial charge on any atom is -0.423 e. The molecule has 0 atom stereocenters. The normalized spacial score (nSPS) is 9.26. The molecule has 0 aliphatic rings. The first-order valence-corrected chi connectivity index (χ1v) is 5.03. The van der Waals surface area contributed by atoms with Crippen LogP contribution in [0.1, 0.15) is 10.4 Å². The summed E-state index contributed by atoms with van der Waals surface area (Å²) in [5, 5.41) is 10.5. The van der Waals surface area contributed by atoms with E-state index in [1.165, 1.54) is 36.7 Å². The molecule has 19 heavy (non-hydrogen) atoms. The summed E-state index contributed by atoms with van der Waals surface area (Å²) in [6, 6.07) is 8.29. The Labute approximate surface area is 107 Å². The van der Waals surface area contributed by atoms with Crippen LogP contribution in [-0.4, -0.2) is 21.4 Å². The van der Waals surface area contributed by atoms with Gasteiger partial charge in [-0.25, -0.2) is 4.79 Å². The van der Waals surface area contributed by atoms with Crippen LogP contribution in [0.4, 0.5) is 5.69 Å². The van der Waals surface area contributed by atoms with Gasteiger partial charge in [0.05, 0.1) is 10.5 Å². The van der Waals surface area contributed by atoms with Gasteiger partial charge in [0.2, 0.25) is 0 Å². The number of rotatable bonds is 3. The fraction of sp³-hybridized carbons (Fsp3) is 0. The molecule has 0 unspecified atom stereocenters. The van der Waals surface area contributed by atoms with E-state index in [0.717, 1.165) is 0 Å². The highest BCUT2D eigenvalue weighted by Gasteiger charge is 2.11. The molecule has 0 aliphatic heterocycles. The third kappa shape index (κ3) is 3.58. The van der Waals surface area contributed by atoms with Crippen LogP contribution in [0.2, 0.25) is 0 Å². The molecular formula is C12H10N2O5. The van der Waals surface area contributed by atoms with E-state index in [4.69, 9.17) is 4.74 Å². The van der Waals surface area contributed by atoms with Gasteiger partial charge in [-0.3, -0.25) is 15.1 Å². The number of carbonyl (C=O) groups excluding carboxylic acids is 1. The molecule has 2 aromatic rings. The van der Waals surface area contributed by atoms with Crippen molar-refractivity contribution in [3.8, 4) is 5.75 Å². The Morgan fingerprint density at radius 2 is 1.68 bits per heavy atom. The van der Waals surface area contributed by atoms with E-state index in [2.05, 4.69) is 4.98 Å². The number of non-ortho nitro benzene ring substituents is 1. The number of nitrogens with zero attached hydrogens (tertiary/aromatic N) is 2. The summed E-state index contributed by atoms with van der Waals surface area (Å²) in [4.78, 5) is 25.4. The third-order valence-electron chi connectivity index (χ3n) is 2.17. The number of hydrogen-bond donors (Lipinski definition) is 0. The first-order chi connectivity index (χ1) is 8.66. The maximum absolute atomic E-state index is 11.7. The van der Waals surface area contributed by atoms with Crippen LogP contribution in [0, 0.1) is 10.1 Å². The van der Waals surface area contributed by atoms with Crippen LogP contribution in [-0.2, 0) is 0 Å². The molecule has 1 aromatic carbocycles. The van der Waals surface area contributed by atoms with Gasteiger partial charge in [-0.1, -0.05) is 0 Å². The average molecular weight is 262 g/mol. The van der Waals surface area contributed by atoms with Gasteiger partial charge in [0, 0.05) is 24.5 Å². The Hall–Kier alpha value is -2.80. The quantitative estimate of drug-likeness (QED) is 0.471. The molecule has 0 saturated heterocycles. The number of aromatic nitrogens is 1. The minimum absolute atomic E-state index is 0. The van der Waals surface area contributed by atoms with Crippen molar-refractivity contribution in [2.75, 3.05) is 0 Å². The van der Waals surface area contributed by atoms with Gasteiger partial charge in [-0.05, 0) is 24.3 Å². The van der Waals surface area contributed by atoms with Crippen molar-refractivity contribution in [1.82, 2.24) is 4.98 Å². The molecule has 0 amide bonds. The Balaban J connectivity index is 0.00000180. The number of ether oxygens (including phenoxy) is 1. The van der Waals surface area contributed by atoms with Gasteiger partial charge in [0.15, 0.2) is 0 Å². The zero-order valence-electron chi connectivity index (χ0n) is 9.65. The molecule has 7 nitrogen and oxygen atoms in total.